The summed E-state index contributed by atoms with van der Waals surface area (Å²) in [7, 11) is -1.90. The number of aryl methyl sites for hydroxylation is 1. The van der Waals surface area contributed by atoms with Crippen molar-refractivity contribution in [3.63, 3.8) is 0 Å². The van der Waals surface area contributed by atoms with Gasteiger partial charge in [-0.25, -0.2) is 8.42 Å². The van der Waals surface area contributed by atoms with Crippen molar-refractivity contribution in [3.8, 4) is 0 Å². The number of fused-ring (bicyclic) bond motifs is 1. The molecule has 142 valence electrons. The van der Waals surface area contributed by atoms with E-state index in [0.29, 0.717) is 23.5 Å². The van der Waals surface area contributed by atoms with Gasteiger partial charge in [0.25, 0.3) is 5.91 Å². The maximum Gasteiger partial charge on any atom is 0.308 e. The zero-order chi connectivity index (χ0) is 19.8. The van der Waals surface area contributed by atoms with Crippen LogP contribution in [0.2, 0.25) is 0 Å². The third kappa shape index (κ3) is 3.88. The van der Waals surface area contributed by atoms with Gasteiger partial charge in [0.1, 0.15) is 0 Å². The first kappa shape index (κ1) is 19.1. The molecule has 1 aromatic heterocycles. The van der Waals surface area contributed by atoms with Crippen LogP contribution in [0.4, 0.5) is 11.4 Å². The number of nitrogens with zero attached hydrogens (tertiary/aromatic N) is 2. The molecule has 0 bridgehead atoms. The average Bonchev–Trinajstić information content (AvgIpc) is 2.94. The molecule has 0 aliphatic heterocycles. The smallest absolute Gasteiger partial charge is 0.308 e. The van der Waals surface area contributed by atoms with Crippen LogP contribution in [0.5, 0.6) is 0 Å². The quantitative estimate of drug-likeness (QED) is 0.707. The predicted octanol–water partition coefficient (Wildman–Crippen LogP) is 2.73. The largest absolute Gasteiger partial charge is 0.322 e. The van der Waals surface area contributed by atoms with E-state index in [1.54, 1.807) is 41.0 Å². The van der Waals surface area contributed by atoms with Gasteiger partial charge in [-0.3, -0.25) is 18.5 Å². The van der Waals surface area contributed by atoms with Crippen LogP contribution in [0, 0.1) is 0 Å². The number of anilines is 2. The van der Waals surface area contributed by atoms with E-state index in [4.69, 9.17) is 0 Å². The first-order valence-corrected chi connectivity index (χ1v) is 10.9. The molecule has 0 aliphatic rings. The van der Waals surface area contributed by atoms with E-state index in [1.165, 1.54) is 7.05 Å². The standard InChI is InChI=1S/C18H19N3O4S2/c1-4-21-15-10-7-13(11-16(15)26-18(21)23)19-17(22)12-5-8-14(9-6-12)20(2)27(3,24)25/h5-11H,4H2,1-3H3,(H,19,22). The van der Waals surface area contributed by atoms with Gasteiger partial charge in [0.15, 0.2) is 0 Å². The molecule has 2 aromatic carbocycles. The maximum atomic E-state index is 12.5. The van der Waals surface area contributed by atoms with Crippen molar-refractivity contribution in [1.29, 1.82) is 0 Å². The van der Waals surface area contributed by atoms with Gasteiger partial charge in [-0.2, -0.15) is 0 Å². The van der Waals surface area contributed by atoms with Crippen LogP contribution in [-0.4, -0.2) is 32.2 Å². The molecule has 0 atom stereocenters. The van der Waals surface area contributed by atoms with Crippen molar-refractivity contribution in [2.75, 3.05) is 22.9 Å². The van der Waals surface area contributed by atoms with Crippen molar-refractivity contribution < 1.29 is 13.2 Å². The van der Waals surface area contributed by atoms with Crippen molar-refractivity contribution in [1.82, 2.24) is 4.57 Å². The monoisotopic (exact) mass is 405 g/mol. The van der Waals surface area contributed by atoms with Gasteiger partial charge >= 0.3 is 4.87 Å². The Bertz CT molecular complexity index is 1160. The molecule has 7 nitrogen and oxygen atoms in total. The molecule has 0 unspecified atom stereocenters. The lowest BCUT2D eigenvalue weighted by molar-refractivity contribution is 0.102. The highest BCUT2D eigenvalue weighted by Crippen LogP contribution is 2.23. The number of aromatic nitrogens is 1. The summed E-state index contributed by atoms with van der Waals surface area (Å²) in [6.45, 7) is 2.51. The minimum atomic E-state index is -3.36. The summed E-state index contributed by atoms with van der Waals surface area (Å²) in [6.07, 6.45) is 1.11. The number of thiazole rings is 1. The normalized spacial score (nSPS) is 11.5. The van der Waals surface area contributed by atoms with Gasteiger partial charge in [-0.05, 0) is 49.4 Å². The number of hydrogen-bond donors (Lipinski definition) is 1. The van der Waals surface area contributed by atoms with Gasteiger partial charge in [-0.15, -0.1) is 0 Å². The summed E-state index contributed by atoms with van der Waals surface area (Å²) in [5.74, 6) is -0.315. The van der Waals surface area contributed by atoms with Crippen LogP contribution in [0.25, 0.3) is 10.2 Å². The SMILES string of the molecule is CCn1c(=O)sc2cc(NC(=O)c3ccc(N(C)S(C)(=O)=O)cc3)ccc21. The fraction of sp³-hybridized carbons (Fsp3) is 0.222. The number of sulfonamides is 1. The lowest BCUT2D eigenvalue weighted by Crippen LogP contribution is -2.24. The third-order valence-corrected chi connectivity index (χ3v) is 6.38. The van der Waals surface area contributed by atoms with Crippen LogP contribution < -0.4 is 14.5 Å². The molecule has 0 radical (unpaired) electrons. The number of amides is 1. The molecule has 3 aromatic rings. The summed E-state index contributed by atoms with van der Waals surface area (Å²) in [5.41, 5.74) is 2.31. The van der Waals surface area contributed by atoms with Gasteiger partial charge in [-0.1, -0.05) is 11.3 Å². The van der Waals surface area contributed by atoms with E-state index in [1.807, 2.05) is 13.0 Å². The highest BCUT2D eigenvalue weighted by Gasteiger charge is 2.13. The molecule has 1 amide bonds. The highest BCUT2D eigenvalue weighted by molar-refractivity contribution is 7.92. The Hall–Kier alpha value is -2.65. The van der Waals surface area contributed by atoms with E-state index in [0.717, 1.165) is 32.1 Å². The fourth-order valence-corrected chi connectivity index (χ4v) is 4.16. The average molecular weight is 406 g/mol. The lowest BCUT2D eigenvalue weighted by Gasteiger charge is -2.16. The zero-order valence-electron chi connectivity index (χ0n) is 15.1. The Balaban J connectivity index is 1.81. The van der Waals surface area contributed by atoms with E-state index in [2.05, 4.69) is 5.32 Å². The zero-order valence-corrected chi connectivity index (χ0v) is 16.7. The first-order valence-electron chi connectivity index (χ1n) is 8.19. The number of nitrogens with one attached hydrogen (secondary N) is 1. The molecule has 0 saturated heterocycles. The van der Waals surface area contributed by atoms with E-state index in [-0.39, 0.29) is 10.8 Å². The van der Waals surface area contributed by atoms with Gasteiger partial charge < -0.3 is 5.32 Å². The van der Waals surface area contributed by atoms with Crippen molar-refractivity contribution in [2.45, 2.75) is 13.5 Å². The molecule has 27 heavy (non-hydrogen) atoms. The van der Waals surface area contributed by atoms with Crippen LogP contribution >= 0.6 is 11.3 Å². The fourth-order valence-electron chi connectivity index (χ4n) is 2.66. The topological polar surface area (TPSA) is 88.5 Å². The van der Waals surface area contributed by atoms with E-state index < -0.39 is 10.0 Å². The molecule has 1 heterocycles. The predicted molar refractivity (Wildman–Crippen MR) is 109 cm³/mol. The Morgan fingerprint density at radius 3 is 2.44 bits per heavy atom. The summed E-state index contributed by atoms with van der Waals surface area (Å²) < 4.78 is 26.8. The van der Waals surface area contributed by atoms with Gasteiger partial charge in [0, 0.05) is 24.8 Å². The molecule has 9 heteroatoms. The summed E-state index contributed by atoms with van der Waals surface area (Å²) in [6, 6.07) is 11.6. The number of hydrogen-bond acceptors (Lipinski definition) is 5. The second kappa shape index (κ2) is 7.16. The Morgan fingerprint density at radius 1 is 1.19 bits per heavy atom. The van der Waals surface area contributed by atoms with Crippen molar-refractivity contribution in [2.24, 2.45) is 0 Å². The molecule has 0 aliphatic carbocycles. The molecule has 0 spiro atoms. The van der Waals surface area contributed by atoms with Crippen LogP contribution in [0.3, 0.4) is 0 Å². The molecular formula is C18H19N3O4S2. The van der Waals surface area contributed by atoms with Crippen LogP contribution in [0.1, 0.15) is 17.3 Å². The maximum absolute atomic E-state index is 12.5. The van der Waals surface area contributed by atoms with Gasteiger partial charge in [0.2, 0.25) is 10.0 Å². The second-order valence-corrected chi connectivity index (χ2v) is 9.03. The number of carbonyl (C=O) groups excluding carboxylic acids is 1. The minimum Gasteiger partial charge on any atom is -0.322 e. The Morgan fingerprint density at radius 2 is 1.85 bits per heavy atom. The number of carbonyl (C=O) groups is 1. The molecule has 1 N–H and O–H groups in total. The highest BCUT2D eigenvalue weighted by atomic mass is 32.2. The van der Waals surface area contributed by atoms with Gasteiger partial charge in [0.05, 0.1) is 22.2 Å². The molecule has 0 saturated carbocycles. The van der Waals surface area contributed by atoms with Crippen LogP contribution in [0.15, 0.2) is 47.3 Å². The van der Waals surface area contributed by atoms with E-state index in [9.17, 15) is 18.0 Å². The van der Waals surface area contributed by atoms with Crippen molar-refractivity contribution >= 4 is 48.9 Å². The summed E-state index contributed by atoms with van der Waals surface area (Å²) in [5, 5.41) is 2.80. The number of rotatable bonds is 5. The lowest BCUT2D eigenvalue weighted by atomic mass is 10.2. The summed E-state index contributed by atoms with van der Waals surface area (Å²) in [4.78, 5) is 24.4. The molecular weight excluding hydrogens is 386 g/mol. The Labute approximate surface area is 160 Å². The second-order valence-electron chi connectivity index (χ2n) is 6.03. The third-order valence-electron chi connectivity index (χ3n) is 4.23. The number of benzene rings is 2. The summed E-state index contributed by atoms with van der Waals surface area (Å²) >= 11 is 1.14. The molecule has 3 rings (SSSR count). The van der Waals surface area contributed by atoms with E-state index >= 15 is 0 Å². The molecule has 0 fully saturated rings. The van der Waals surface area contributed by atoms with Crippen molar-refractivity contribution in [3.05, 3.63) is 57.7 Å². The minimum absolute atomic E-state index is 0.0263. The first-order chi connectivity index (χ1) is 12.7. The van der Waals surface area contributed by atoms with Crippen LogP contribution in [-0.2, 0) is 16.6 Å². The Kier molecular flexibility index (Phi) is 5.07.